The van der Waals surface area contributed by atoms with E-state index in [-0.39, 0.29) is 0 Å². The fraction of sp³-hybridized carbons (Fsp3) is 0. The molecule has 0 saturated heterocycles. The Balaban J connectivity index is 1.95. The van der Waals surface area contributed by atoms with Gasteiger partial charge < -0.3 is 10.5 Å². The number of rotatable bonds is 2. The zero-order chi connectivity index (χ0) is 12.4. The van der Waals surface area contributed by atoms with E-state index >= 15 is 0 Å². The van der Waals surface area contributed by atoms with Gasteiger partial charge in [0.1, 0.15) is 17.9 Å². The molecular formula is C13H10N4O. The van der Waals surface area contributed by atoms with Crippen LogP contribution in [-0.4, -0.2) is 15.0 Å². The molecule has 0 amide bonds. The van der Waals surface area contributed by atoms with Gasteiger partial charge in [-0.05, 0) is 18.2 Å². The number of aromatic nitrogens is 3. The number of nitrogens with zero attached hydrogens (tertiary/aromatic N) is 3. The molecule has 3 rings (SSSR count). The van der Waals surface area contributed by atoms with Crippen molar-refractivity contribution in [1.29, 1.82) is 0 Å². The maximum atomic E-state index is 5.60. The summed E-state index contributed by atoms with van der Waals surface area (Å²) in [4.78, 5) is 12.1. The lowest BCUT2D eigenvalue weighted by Gasteiger charge is -2.05. The second-order valence-electron chi connectivity index (χ2n) is 3.74. The normalized spacial score (nSPS) is 10.4. The number of ether oxygens (including phenoxy) is 1. The third kappa shape index (κ3) is 2.06. The van der Waals surface area contributed by atoms with Crippen molar-refractivity contribution in [3.05, 3.63) is 48.9 Å². The second kappa shape index (κ2) is 4.29. The van der Waals surface area contributed by atoms with E-state index < -0.39 is 0 Å². The molecule has 0 aliphatic heterocycles. The number of nitrogens with two attached hydrogens (primary N) is 1. The standard InChI is InChI=1S/C13H10N4O/c14-12-7-13(17-8-16-12)18-10-4-3-9-2-1-5-15-11(9)6-10/h1-8H,(H2,14,16,17). The Morgan fingerprint density at radius 3 is 2.83 bits per heavy atom. The van der Waals surface area contributed by atoms with Crippen LogP contribution in [0.4, 0.5) is 5.82 Å². The van der Waals surface area contributed by atoms with Crippen LogP contribution in [0.2, 0.25) is 0 Å². The van der Waals surface area contributed by atoms with E-state index in [4.69, 9.17) is 10.5 Å². The summed E-state index contributed by atoms with van der Waals surface area (Å²) in [7, 11) is 0. The van der Waals surface area contributed by atoms with Crippen molar-refractivity contribution < 1.29 is 4.74 Å². The van der Waals surface area contributed by atoms with Gasteiger partial charge in [0.2, 0.25) is 5.88 Å². The number of hydrogen-bond donors (Lipinski definition) is 1. The van der Waals surface area contributed by atoms with Crippen molar-refractivity contribution in [3.63, 3.8) is 0 Å². The van der Waals surface area contributed by atoms with Crippen LogP contribution in [0.15, 0.2) is 48.9 Å². The van der Waals surface area contributed by atoms with Gasteiger partial charge in [-0.1, -0.05) is 6.07 Å². The number of benzene rings is 1. The minimum atomic E-state index is 0.374. The van der Waals surface area contributed by atoms with E-state index in [1.807, 2.05) is 30.3 Å². The first-order chi connectivity index (χ1) is 8.81. The maximum Gasteiger partial charge on any atom is 0.224 e. The minimum absolute atomic E-state index is 0.374. The van der Waals surface area contributed by atoms with Gasteiger partial charge in [0.05, 0.1) is 5.52 Å². The highest BCUT2D eigenvalue weighted by molar-refractivity contribution is 5.79. The Bertz CT molecular complexity index is 699. The van der Waals surface area contributed by atoms with E-state index in [1.165, 1.54) is 6.33 Å². The van der Waals surface area contributed by atoms with Crippen LogP contribution < -0.4 is 10.5 Å². The first-order valence-electron chi connectivity index (χ1n) is 5.41. The molecule has 0 unspecified atom stereocenters. The summed E-state index contributed by atoms with van der Waals surface area (Å²) in [5.41, 5.74) is 6.43. The number of nitrogen functional groups attached to an aromatic ring is 1. The van der Waals surface area contributed by atoms with Gasteiger partial charge in [-0.25, -0.2) is 9.97 Å². The van der Waals surface area contributed by atoms with Gasteiger partial charge >= 0.3 is 0 Å². The molecule has 0 spiro atoms. The number of hydrogen-bond acceptors (Lipinski definition) is 5. The van der Waals surface area contributed by atoms with E-state index in [0.717, 1.165) is 10.9 Å². The topological polar surface area (TPSA) is 73.9 Å². The zero-order valence-electron chi connectivity index (χ0n) is 9.45. The molecule has 0 radical (unpaired) electrons. The molecule has 2 aromatic heterocycles. The average molecular weight is 238 g/mol. The van der Waals surface area contributed by atoms with Gasteiger partial charge in [-0.3, -0.25) is 4.98 Å². The highest BCUT2D eigenvalue weighted by Crippen LogP contribution is 2.23. The van der Waals surface area contributed by atoms with Crippen LogP contribution in [0, 0.1) is 0 Å². The molecular weight excluding hydrogens is 228 g/mol. The van der Waals surface area contributed by atoms with E-state index in [9.17, 15) is 0 Å². The first-order valence-corrected chi connectivity index (χ1v) is 5.41. The highest BCUT2D eigenvalue weighted by Gasteiger charge is 2.01. The molecule has 0 fully saturated rings. The molecule has 88 valence electrons. The van der Waals surface area contributed by atoms with Crippen LogP contribution in [0.25, 0.3) is 10.9 Å². The third-order valence-electron chi connectivity index (χ3n) is 2.46. The molecule has 3 aromatic rings. The van der Waals surface area contributed by atoms with Gasteiger partial charge in [-0.2, -0.15) is 0 Å². The molecule has 0 atom stereocenters. The van der Waals surface area contributed by atoms with Crippen molar-refractivity contribution in [1.82, 2.24) is 15.0 Å². The van der Waals surface area contributed by atoms with Crippen molar-refractivity contribution in [2.75, 3.05) is 5.73 Å². The lowest BCUT2D eigenvalue weighted by Crippen LogP contribution is -1.93. The lowest BCUT2D eigenvalue weighted by atomic mass is 10.2. The number of anilines is 1. The zero-order valence-corrected chi connectivity index (χ0v) is 9.45. The molecule has 18 heavy (non-hydrogen) atoms. The smallest absolute Gasteiger partial charge is 0.224 e. The van der Waals surface area contributed by atoms with Crippen LogP contribution >= 0.6 is 0 Å². The molecule has 5 heteroatoms. The van der Waals surface area contributed by atoms with Crippen LogP contribution in [0.5, 0.6) is 11.6 Å². The van der Waals surface area contributed by atoms with E-state index in [1.54, 1.807) is 12.3 Å². The largest absolute Gasteiger partial charge is 0.439 e. The summed E-state index contributed by atoms with van der Waals surface area (Å²) < 4.78 is 5.60. The van der Waals surface area contributed by atoms with Crippen LogP contribution in [0.3, 0.4) is 0 Å². The van der Waals surface area contributed by atoms with Gasteiger partial charge in [0.25, 0.3) is 0 Å². The predicted octanol–water partition coefficient (Wildman–Crippen LogP) is 2.40. The summed E-state index contributed by atoms with van der Waals surface area (Å²) in [5, 5.41) is 1.06. The summed E-state index contributed by atoms with van der Waals surface area (Å²) in [6, 6.07) is 11.1. The Labute approximate surface area is 103 Å². The molecule has 2 N–H and O–H groups in total. The van der Waals surface area contributed by atoms with Crippen molar-refractivity contribution >= 4 is 16.7 Å². The maximum absolute atomic E-state index is 5.60. The molecule has 0 aliphatic rings. The fourth-order valence-electron chi connectivity index (χ4n) is 1.64. The Morgan fingerprint density at radius 1 is 1.00 bits per heavy atom. The van der Waals surface area contributed by atoms with Gasteiger partial charge in [0.15, 0.2) is 0 Å². The van der Waals surface area contributed by atoms with Crippen LogP contribution in [0.1, 0.15) is 0 Å². The van der Waals surface area contributed by atoms with Gasteiger partial charge in [0, 0.05) is 23.7 Å². The number of fused-ring (bicyclic) bond motifs is 1. The monoisotopic (exact) mass is 238 g/mol. The predicted molar refractivity (Wildman–Crippen MR) is 68.3 cm³/mol. The lowest BCUT2D eigenvalue weighted by molar-refractivity contribution is 0.462. The molecule has 1 aromatic carbocycles. The molecule has 0 saturated carbocycles. The number of pyridine rings is 1. The van der Waals surface area contributed by atoms with Crippen molar-refractivity contribution in [2.24, 2.45) is 0 Å². The van der Waals surface area contributed by atoms with Gasteiger partial charge in [-0.15, -0.1) is 0 Å². The fourth-order valence-corrected chi connectivity index (χ4v) is 1.64. The highest BCUT2D eigenvalue weighted by atomic mass is 16.5. The third-order valence-corrected chi connectivity index (χ3v) is 2.46. The summed E-state index contributed by atoms with van der Waals surface area (Å²) in [6.45, 7) is 0. The second-order valence-corrected chi connectivity index (χ2v) is 3.74. The van der Waals surface area contributed by atoms with Crippen molar-refractivity contribution in [2.45, 2.75) is 0 Å². The first kappa shape index (κ1) is 10.5. The summed E-state index contributed by atoms with van der Waals surface area (Å²) in [6.07, 6.45) is 3.11. The quantitative estimate of drug-likeness (QED) is 0.742. The summed E-state index contributed by atoms with van der Waals surface area (Å²) in [5.74, 6) is 1.45. The SMILES string of the molecule is Nc1cc(Oc2ccc3cccnc3c2)ncn1. The van der Waals surface area contributed by atoms with E-state index in [2.05, 4.69) is 15.0 Å². The minimum Gasteiger partial charge on any atom is -0.439 e. The summed E-state index contributed by atoms with van der Waals surface area (Å²) >= 11 is 0. The molecule has 2 heterocycles. The molecule has 5 nitrogen and oxygen atoms in total. The molecule has 0 aliphatic carbocycles. The Hall–Kier alpha value is -2.69. The van der Waals surface area contributed by atoms with E-state index in [0.29, 0.717) is 17.4 Å². The Kier molecular flexibility index (Phi) is 2.49. The van der Waals surface area contributed by atoms with Crippen molar-refractivity contribution in [3.8, 4) is 11.6 Å². The Morgan fingerprint density at radius 2 is 1.94 bits per heavy atom. The van der Waals surface area contributed by atoms with Crippen LogP contribution in [-0.2, 0) is 0 Å². The average Bonchev–Trinajstić information content (AvgIpc) is 2.39. The molecule has 0 bridgehead atoms.